The number of nitriles is 1. The van der Waals surface area contributed by atoms with Gasteiger partial charge in [0.25, 0.3) is 5.91 Å². The molecule has 0 saturated carbocycles. The third-order valence-corrected chi connectivity index (χ3v) is 3.42. The largest absolute Gasteiger partial charge is 0.478 e. The van der Waals surface area contributed by atoms with Crippen molar-refractivity contribution < 1.29 is 14.7 Å². The van der Waals surface area contributed by atoms with Gasteiger partial charge in [0.1, 0.15) is 0 Å². The molecular formula is C17H11N3O3. The third kappa shape index (κ3) is 2.76. The van der Waals surface area contributed by atoms with Crippen molar-refractivity contribution in [1.29, 1.82) is 5.26 Å². The number of hydrogen-bond acceptors (Lipinski definition) is 3. The van der Waals surface area contributed by atoms with E-state index >= 15 is 0 Å². The molecule has 6 nitrogen and oxygen atoms in total. The summed E-state index contributed by atoms with van der Waals surface area (Å²) in [6.07, 6.45) is 1.56. The number of amides is 1. The van der Waals surface area contributed by atoms with Gasteiger partial charge < -0.3 is 15.4 Å². The van der Waals surface area contributed by atoms with Crippen LogP contribution in [0.4, 0.5) is 5.69 Å². The first-order valence-electron chi connectivity index (χ1n) is 6.74. The Kier molecular flexibility index (Phi) is 3.53. The van der Waals surface area contributed by atoms with Crippen LogP contribution in [-0.2, 0) is 0 Å². The van der Waals surface area contributed by atoms with Crippen LogP contribution in [0.2, 0.25) is 0 Å². The van der Waals surface area contributed by atoms with Crippen molar-refractivity contribution in [2.24, 2.45) is 0 Å². The number of aromatic amines is 1. The number of fused-ring (bicyclic) bond motifs is 1. The molecule has 2 aromatic carbocycles. The summed E-state index contributed by atoms with van der Waals surface area (Å²) in [5.41, 5.74) is 2.11. The van der Waals surface area contributed by atoms with E-state index in [4.69, 9.17) is 10.4 Å². The topological polar surface area (TPSA) is 106 Å². The standard InChI is InChI=1S/C17H11N3O3/c18-8-10-4-5-13-14(9-19-15(13)6-10)16(21)20-12-3-1-2-11(7-12)17(22)23/h1-7,9,19H,(H,20,21)(H,22,23). The van der Waals surface area contributed by atoms with E-state index in [2.05, 4.69) is 10.3 Å². The van der Waals surface area contributed by atoms with Crippen LogP contribution in [0.25, 0.3) is 10.9 Å². The fraction of sp³-hybridized carbons (Fsp3) is 0. The molecule has 0 aliphatic heterocycles. The second-order valence-electron chi connectivity index (χ2n) is 4.91. The Labute approximate surface area is 131 Å². The minimum absolute atomic E-state index is 0.0976. The predicted octanol–water partition coefficient (Wildman–Crippen LogP) is 2.99. The van der Waals surface area contributed by atoms with Crippen LogP contribution in [0.1, 0.15) is 26.3 Å². The van der Waals surface area contributed by atoms with Crippen molar-refractivity contribution in [2.75, 3.05) is 5.32 Å². The first-order chi connectivity index (χ1) is 11.1. The molecule has 0 fully saturated rings. The number of nitrogens with zero attached hydrogens (tertiary/aromatic N) is 1. The van der Waals surface area contributed by atoms with Gasteiger partial charge in [-0.05, 0) is 30.3 Å². The number of carbonyl (C=O) groups is 2. The van der Waals surface area contributed by atoms with Gasteiger partial charge in [0.2, 0.25) is 0 Å². The molecule has 3 rings (SSSR count). The number of carbonyl (C=O) groups excluding carboxylic acids is 1. The molecule has 0 saturated heterocycles. The number of carboxylic acids is 1. The maximum absolute atomic E-state index is 12.4. The summed E-state index contributed by atoms with van der Waals surface area (Å²) in [7, 11) is 0. The summed E-state index contributed by atoms with van der Waals surface area (Å²) < 4.78 is 0. The lowest BCUT2D eigenvalue weighted by molar-refractivity contribution is 0.0696. The number of rotatable bonds is 3. The quantitative estimate of drug-likeness (QED) is 0.691. The number of anilines is 1. The Bertz CT molecular complexity index is 967. The third-order valence-electron chi connectivity index (χ3n) is 3.42. The van der Waals surface area contributed by atoms with E-state index < -0.39 is 5.97 Å². The molecule has 0 unspecified atom stereocenters. The first kappa shape index (κ1) is 14.4. The molecule has 0 radical (unpaired) electrons. The Morgan fingerprint density at radius 1 is 1.17 bits per heavy atom. The molecule has 1 aromatic heterocycles. The highest BCUT2D eigenvalue weighted by Gasteiger charge is 2.13. The average molecular weight is 305 g/mol. The molecule has 6 heteroatoms. The van der Waals surface area contributed by atoms with E-state index in [0.717, 1.165) is 0 Å². The van der Waals surface area contributed by atoms with Gasteiger partial charge in [-0.15, -0.1) is 0 Å². The van der Waals surface area contributed by atoms with Crippen LogP contribution >= 0.6 is 0 Å². The maximum atomic E-state index is 12.4. The molecule has 0 atom stereocenters. The number of carboxylic acid groups (broad SMARTS) is 1. The van der Waals surface area contributed by atoms with Gasteiger partial charge in [-0.3, -0.25) is 4.79 Å². The lowest BCUT2D eigenvalue weighted by Crippen LogP contribution is -2.11. The van der Waals surface area contributed by atoms with E-state index in [-0.39, 0.29) is 11.5 Å². The van der Waals surface area contributed by atoms with Crippen molar-refractivity contribution in [3.8, 4) is 6.07 Å². The number of hydrogen-bond donors (Lipinski definition) is 3. The lowest BCUT2D eigenvalue weighted by atomic mass is 10.1. The summed E-state index contributed by atoms with van der Waals surface area (Å²) in [6, 6.07) is 13.1. The molecule has 0 bridgehead atoms. The van der Waals surface area contributed by atoms with Crippen LogP contribution in [0, 0.1) is 11.3 Å². The number of benzene rings is 2. The molecule has 0 spiro atoms. The maximum Gasteiger partial charge on any atom is 0.335 e. The Hall–Kier alpha value is -3.59. The van der Waals surface area contributed by atoms with Crippen LogP contribution in [0.3, 0.4) is 0 Å². The number of aromatic nitrogens is 1. The van der Waals surface area contributed by atoms with Crippen LogP contribution in [0.15, 0.2) is 48.7 Å². The SMILES string of the molecule is N#Cc1ccc2c(C(=O)Nc3cccc(C(=O)O)c3)c[nH]c2c1. The van der Waals surface area contributed by atoms with Crippen molar-refractivity contribution in [3.05, 3.63) is 65.4 Å². The second-order valence-corrected chi connectivity index (χ2v) is 4.91. The minimum atomic E-state index is -1.06. The zero-order valence-corrected chi connectivity index (χ0v) is 11.8. The zero-order valence-electron chi connectivity index (χ0n) is 11.8. The predicted molar refractivity (Wildman–Crippen MR) is 84.4 cm³/mol. The van der Waals surface area contributed by atoms with Crippen LogP contribution in [0.5, 0.6) is 0 Å². The van der Waals surface area contributed by atoms with Crippen molar-refractivity contribution in [1.82, 2.24) is 4.98 Å². The average Bonchev–Trinajstić information content (AvgIpc) is 2.98. The van der Waals surface area contributed by atoms with Crippen LogP contribution in [-0.4, -0.2) is 22.0 Å². The number of H-pyrrole nitrogens is 1. The van der Waals surface area contributed by atoms with Gasteiger partial charge in [-0.1, -0.05) is 12.1 Å². The number of nitrogens with one attached hydrogen (secondary N) is 2. The fourth-order valence-corrected chi connectivity index (χ4v) is 2.31. The van der Waals surface area contributed by atoms with Gasteiger partial charge >= 0.3 is 5.97 Å². The van der Waals surface area contributed by atoms with E-state index in [1.807, 2.05) is 6.07 Å². The Morgan fingerprint density at radius 2 is 2.00 bits per heavy atom. The highest BCUT2D eigenvalue weighted by Crippen LogP contribution is 2.21. The molecule has 112 valence electrons. The summed E-state index contributed by atoms with van der Waals surface area (Å²) in [4.78, 5) is 26.3. The molecule has 1 heterocycles. The first-order valence-corrected chi connectivity index (χ1v) is 6.74. The van der Waals surface area contributed by atoms with Gasteiger partial charge in [-0.2, -0.15) is 5.26 Å². The summed E-state index contributed by atoms with van der Waals surface area (Å²) in [6.45, 7) is 0. The summed E-state index contributed by atoms with van der Waals surface area (Å²) >= 11 is 0. The normalized spacial score (nSPS) is 10.2. The molecule has 23 heavy (non-hydrogen) atoms. The Balaban J connectivity index is 1.91. The van der Waals surface area contributed by atoms with Gasteiger partial charge in [0.05, 0.1) is 22.8 Å². The van der Waals surface area contributed by atoms with E-state index in [1.165, 1.54) is 12.1 Å². The minimum Gasteiger partial charge on any atom is -0.478 e. The molecule has 0 aliphatic carbocycles. The van der Waals surface area contributed by atoms with Gasteiger partial charge in [0, 0.05) is 22.8 Å². The second kappa shape index (κ2) is 5.66. The molecule has 3 aromatic rings. The smallest absolute Gasteiger partial charge is 0.335 e. The van der Waals surface area contributed by atoms with Gasteiger partial charge in [-0.25, -0.2) is 4.79 Å². The monoisotopic (exact) mass is 305 g/mol. The number of aromatic carboxylic acids is 1. The zero-order chi connectivity index (χ0) is 16.4. The van der Waals surface area contributed by atoms with E-state index in [9.17, 15) is 9.59 Å². The summed E-state index contributed by atoms with van der Waals surface area (Å²) in [5, 5.41) is 21.2. The van der Waals surface area contributed by atoms with Gasteiger partial charge in [0.15, 0.2) is 0 Å². The van der Waals surface area contributed by atoms with Crippen molar-refractivity contribution in [2.45, 2.75) is 0 Å². The molecule has 0 aliphatic rings. The highest BCUT2D eigenvalue weighted by molar-refractivity contribution is 6.13. The molecule has 1 amide bonds. The Morgan fingerprint density at radius 3 is 2.74 bits per heavy atom. The summed E-state index contributed by atoms with van der Waals surface area (Å²) in [5.74, 6) is -1.42. The fourth-order valence-electron chi connectivity index (χ4n) is 2.31. The molecular weight excluding hydrogens is 294 g/mol. The lowest BCUT2D eigenvalue weighted by Gasteiger charge is -2.05. The molecule has 3 N–H and O–H groups in total. The van der Waals surface area contributed by atoms with Crippen molar-refractivity contribution >= 4 is 28.5 Å². The van der Waals surface area contributed by atoms with Crippen molar-refractivity contribution in [3.63, 3.8) is 0 Å². The van der Waals surface area contributed by atoms with E-state index in [1.54, 1.807) is 36.5 Å². The highest BCUT2D eigenvalue weighted by atomic mass is 16.4. The van der Waals surface area contributed by atoms with Crippen LogP contribution < -0.4 is 5.32 Å². The van der Waals surface area contributed by atoms with E-state index in [0.29, 0.717) is 27.7 Å².